The molecule has 0 saturated carbocycles. The number of rotatable bonds is 5. The molecule has 3 nitrogen and oxygen atoms in total. The highest BCUT2D eigenvalue weighted by molar-refractivity contribution is 6.32. The largest absolute Gasteiger partial charge is 0.494 e. The zero-order chi connectivity index (χ0) is 14.5. The van der Waals surface area contributed by atoms with Crippen molar-refractivity contribution in [3.05, 3.63) is 58.9 Å². The molecule has 0 saturated heterocycles. The Morgan fingerprint density at radius 1 is 1.20 bits per heavy atom. The summed E-state index contributed by atoms with van der Waals surface area (Å²) in [6.45, 7) is -0.213. The predicted molar refractivity (Wildman–Crippen MR) is 74.2 cm³/mol. The van der Waals surface area contributed by atoms with Crippen molar-refractivity contribution in [3.63, 3.8) is 0 Å². The van der Waals surface area contributed by atoms with Crippen LogP contribution in [0, 0.1) is 5.82 Å². The summed E-state index contributed by atoms with van der Waals surface area (Å²) in [5, 5.41) is 0.418. The second-order valence-electron chi connectivity index (χ2n) is 3.99. The van der Waals surface area contributed by atoms with Gasteiger partial charge >= 0.3 is 0 Å². The van der Waals surface area contributed by atoms with Gasteiger partial charge in [0.2, 0.25) is 0 Å². The van der Waals surface area contributed by atoms with Gasteiger partial charge in [-0.1, -0.05) is 23.7 Å². The number of carbonyl (C=O) groups is 1. The van der Waals surface area contributed by atoms with E-state index in [1.165, 1.54) is 19.2 Å². The fourth-order valence-electron chi connectivity index (χ4n) is 1.63. The molecule has 0 aliphatic rings. The lowest BCUT2D eigenvalue weighted by Crippen LogP contribution is -2.12. The van der Waals surface area contributed by atoms with Crippen molar-refractivity contribution in [1.29, 1.82) is 0 Å². The highest BCUT2D eigenvalue weighted by atomic mass is 35.5. The first-order valence-corrected chi connectivity index (χ1v) is 6.23. The van der Waals surface area contributed by atoms with E-state index in [1.54, 1.807) is 24.3 Å². The van der Waals surface area contributed by atoms with Crippen molar-refractivity contribution in [2.45, 2.75) is 0 Å². The highest BCUT2D eigenvalue weighted by Crippen LogP contribution is 2.23. The monoisotopic (exact) mass is 294 g/mol. The number of Topliss-reactive ketones (excluding diaryl/α,β-unsaturated/α-hetero) is 1. The summed E-state index contributed by atoms with van der Waals surface area (Å²) in [7, 11) is 1.36. The van der Waals surface area contributed by atoms with E-state index in [0.717, 1.165) is 6.07 Å². The van der Waals surface area contributed by atoms with Gasteiger partial charge in [0.15, 0.2) is 24.0 Å². The zero-order valence-electron chi connectivity index (χ0n) is 10.7. The van der Waals surface area contributed by atoms with Gasteiger partial charge in [-0.15, -0.1) is 0 Å². The summed E-state index contributed by atoms with van der Waals surface area (Å²) >= 11 is 5.91. The van der Waals surface area contributed by atoms with E-state index in [4.69, 9.17) is 21.1 Å². The van der Waals surface area contributed by atoms with E-state index >= 15 is 0 Å². The van der Waals surface area contributed by atoms with Gasteiger partial charge in [-0.2, -0.15) is 0 Å². The van der Waals surface area contributed by atoms with Crippen LogP contribution in [-0.4, -0.2) is 19.5 Å². The molecule has 0 fully saturated rings. The van der Waals surface area contributed by atoms with Crippen LogP contribution in [0.4, 0.5) is 4.39 Å². The molecule has 0 unspecified atom stereocenters. The Morgan fingerprint density at radius 3 is 2.60 bits per heavy atom. The maximum Gasteiger partial charge on any atom is 0.200 e. The molecule has 2 aromatic rings. The average Bonchev–Trinajstić information content (AvgIpc) is 2.46. The molecule has 0 atom stereocenters. The Morgan fingerprint density at radius 2 is 1.95 bits per heavy atom. The minimum Gasteiger partial charge on any atom is -0.494 e. The Labute approximate surface area is 120 Å². The Kier molecular flexibility index (Phi) is 4.58. The van der Waals surface area contributed by atoms with Crippen molar-refractivity contribution in [2.75, 3.05) is 13.7 Å². The van der Waals surface area contributed by atoms with E-state index in [1.807, 2.05) is 0 Å². The molecule has 5 heteroatoms. The van der Waals surface area contributed by atoms with E-state index in [0.29, 0.717) is 10.8 Å². The summed E-state index contributed by atoms with van der Waals surface area (Å²) in [6.07, 6.45) is 0. The topological polar surface area (TPSA) is 35.5 Å². The molecule has 0 bridgehead atoms. The van der Waals surface area contributed by atoms with Crippen LogP contribution in [0.3, 0.4) is 0 Å². The lowest BCUT2D eigenvalue weighted by molar-refractivity contribution is 0.0921. The van der Waals surface area contributed by atoms with Crippen LogP contribution in [-0.2, 0) is 0 Å². The third kappa shape index (κ3) is 3.27. The molecule has 2 aromatic carbocycles. The molecule has 104 valence electrons. The van der Waals surface area contributed by atoms with Crippen molar-refractivity contribution < 1.29 is 18.7 Å². The lowest BCUT2D eigenvalue weighted by Gasteiger charge is -2.08. The van der Waals surface area contributed by atoms with Gasteiger partial charge in [0.1, 0.15) is 5.75 Å². The van der Waals surface area contributed by atoms with Gasteiger partial charge in [-0.3, -0.25) is 4.79 Å². The highest BCUT2D eigenvalue weighted by Gasteiger charge is 2.11. The smallest absolute Gasteiger partial charge is 0.200 e. The first-order valence-electron chi connectivity index (χ1n) is 5.86. The third-order valence-electron chi connectivity index (χ3n) is 2.67. The summed E-state index contributed by atoms with van der Waals surface area (Å²) in [6, 6.07) is 10.8. The molecule has 0 aromatic heterocycles. The van der Waals surface area contributed by atoms with Gasteiger partial charge in [0.05, 0.1) is 12.1 Å². The normalized spacial score (nSPS) is 10.2. The number of hydrogen-bond donors (Lipinski definition) is 0. The zero-order valence-corrected chi connectivity index (χ0v) is 11.5. The van der Waals surface area contributed by atoms with Crippen LogP contribution in [0.1, 0.15) is 10.4 Å². The van der Waals surface area contributed by atoms with Crippen LogP contribution in [0.25, 0.3) is 0 Å². The van der Waals surface area contributed by atoms with E-state index in [9.17, 15) is 9.18 Å². The number of methoxy groups -OCH3 is 1. The number of benzene rings is 2. The molecule has 0 N–H and O–H groups in total. The van der Waals surface area contributed by atoms with Crippen molar-refractivity contribution in [1.82, 2.24) is 0 Å². The van der Waals surface area contributed by atoms with Crippen LogP contribution in [0.2, 0.25) is 5.02 Å². The van der Waals surface area contributed by atoms with Gasteiger partial charge < -0.3 is 9.47 Å². The van der Waals surface area contributed by atoms with Crippen molar-refractivity contribution in [2.24, 2.45) is 0 Å². The summed E-state index contributed by atoms with van der Waals surface area (Å²) in [5.74, 6) is -0.423. The maximum atomic E-state index is 13.5. The number of hydrogen-bond acceptors (Lipinski definition) is 3. The van der Waals surface area contributed by atoms with Gasteiger partial charge in [-0.25, -0.2) is 4.39 Å². The second kappa shape index (κ2) is 6.39. The Bertz CT molecular complexity index is 628. The van der Waals surface area contributed by atoms with Gasteiger partial charge in [0.25, 0.3) is 0 Å². The van der Waals surface area contributed by atoms with E-state index in [2.05, 4.69) is 0 Å². The number of halogens is 2. The standard InChI is InChI=1S/C15H12ClFO3/c1-19-15-7-6-10(8-12(15)17)13(18)9-20-14-5-3-2-4-11(14)16/h2-8H,9H2,1H3. The summed E-state index contributed by atoms with van der Waals surface area (Å²) < 4.78 is 23.6. The molecule has 2 rings (SSSR count). The molecule has 0 spiro atoms. The molecular weight excluding hydrogens is 283 g/mol. The first-order chi connectivity index (χ1) is 9.61. The van der Waals surface area contributed by atoms with Crippen molar-refractivity contribution in [3.8, 4) is 11.5 Å². The number of ketones is 1. The van der Waals surface area contributed by atoms with Crippen molar-refractivity contribution >= 4 is 17.4 Å². The fourth-order valence-corrected chi connectivity index (χ4v) is 1.82. The van der Waals surface area contributed by atoms with Gasteiger partial charge in [0, 0.05) is 5.56 Å². The lowest BCUT2D eigenvalue weighted by atomic mass is 10.1. The van der Waals surface area contributed by atoms with Crippen LogP contribution < -0.4 is 9.47 Å². The molecule has 0 aliphatic carbocycles. The molecule has 0 heterocycles. The second-order valence-corrected chi connectivity index (χ2v) is 4.40. The minimum atomic E-state index is -0.587. The Balaban J connectivity index is 2.05. The number of ether oxygens (including phenoxy) is 2. The van der Waals surface area contributed by atoms with Crippen LogP contribution in [0.5, 0.6) is 11.5 Å². The fraction of sp³-hybridized carbons (Fsp3) is 0.133. The quantitative estimate of drug-likeness (QED) is 0.788. The number of para-hydroxylation sites is 1. The SMILES string of the molecule is COc1ccc(C(=O)COc2ccccc2Cl)cc1F. The number of carbonyl (C=O) groups excluding carboxylic acids is 1. The summed E-state index contributed by atoms with van der Waals surface area (Å²) in [4.78, 5) is 11.9. The maximum absolute atomic E-state index is 13.5. The molecule has 0 aliphatic heterocycles. The Hall–Kier alpha value is -2.07. The van der Waals surface area contributed by atoms with Gasteiger partial charge in [-0.05, 0) is 30.3 Å². The van der Waals surface area contributed by atoms with Crippen LogP contribution >= 0.6 is 11.6 Å². The van der Waals surface area contributed by atoms with Crippen LogP contribution in [0.15, 0.2) is 42.5 Å². The summed E-state index contributed by atoms with van der Waals surface area (Å²) in [5.41, 5.74) is 0.218. The molecule has 0 amide bonds. The molecule has 0 radical (unpaired) electrons. The minimum absolute atomic E-state index is 0.0913. The average molecular weight is 295 g/mol. The van der Waals surface area contributed by atoms with E-state index in [-0.39, 0.29) is 23.7 Å². The molecular formula is C15H12ClFO3. The predicted octanol–water partition coefficient (Wildman–Crippen LogP) is 3.75. The first kappa shape index (κ1) is 14.3. The molecule has 20 heavy (non-hydrogen) atoms. The third-order valence-corrected chi connectivity index (χ3v) is 2.98. The van der Waals surface area contributed by atoms with E-state index < -0.39 is 5.82 Å².